The number of carbonyl (C=O) groups excluding carboxylic acids is 1. The van der Waals surface area contributed by atoms with Gasteiger partial charge in [0, 0.05) is 26.2 Å². The maximum atomic E-state index is 12.9. The summed E-state index contributed by atoms with van der Waals surface area (Å²) in [6.45, 7) is 2.90. The van der Waals surface area contributed by atoms with Gasteiger partial charge >= 0.3 is 0 Å². The van der Waals surface area contributed by atoms with Gasteiger partial charge in [0.1, 0.15) is 18.0 Å². The molecule has 0 saturated carbocycles. The first kappa shape index (κ1) is 19.2. The Morgan fingerprint density at radius 2 is 1.81 bits per heavy atom. The molecule has 0 bridgehead atoms. The maximum Gasteiger partial charge on any atom is 0.225 e. The molecule has 2 aliphatic heterocycles. The van der Waals surface area contributed by atoms with Gasteiger partial charge in [0.05, 0.1) is 31.8 Å². The molecule has 0 aromatic heterocycles. The molecular weight excluding hydrogens is 343 g/mol. The zero-order chi connectivity index (χ0) is 18.5. The van der Waals surface area contributed by atoms with Crippen LogP contribution in [0.25, 0.3) is 0 Å². The van der Waals surface area contributed by atoms with Crippen LogP contribution < -0.4 is 5.32 Å². The molecule has 144 valence electrons. The number of amides is 1. The molecule has 8 heteroatoms. The number of hydrogen-bond donors (Lipinski definition) is 3. The minimum absolute atomic E-state index is 0.0344. The third-order valence-electron chi connectivity index (χ3n) is 4.79. The highest BCUT2D eigenvalue weighted by atomic mass is 19.1. The average Bonchev–Trinajstić information content (AvgIpc) is 2.92. The number of aliphatic hydroxyl groups is 2. The van der Waals surface area contributed by atoms with Gasteiger partial charge in [0.15, 0.2) is 0 Å². The molecule has 0 aliphatic carbocycles. The molecular formula is C18H25FN2O5. The number of benzene rings is 1. The lowest BCUT2D eigenvalue weighted by molar-refractivity contribution is -0.139. The van der Waals surface area contributed by atoms with E-state index in [0.29, 0.717) is 39.4 Å². The minimum atomic E-state index is -1.10. The SMILES string of the molecule is O=C(CC1OC(CNCc2ccc(F)cc2)C(O)C1O)N1CCOCC1. The summed E-state index contributed by atoms with van der Waals surface area (Å²) >= 11 is 0. The van der Waals surface area contributed by atoms with Crippen molar-refractivity contribution >= 4 is 5.91 Å². The van der Waals surface area contributed by atoms with Crippen LogP contribution in [0, 0.1) is 5.82 Å². The van der Waals surface area contributed by atoms with E-state index in [2.05, 4.69) is 5.32 Å². The van der Waals surface area contributed by atoms with Gasteiger partial charge < -0.3 is 29.9 Å². The van der Waals surface area contributed by atoms with Crippen LogP contribution in [0.4, 0.5) is 4.39 Å². The predicted molar refractivity (Wildman–Crippen MR) is 90.8 cm³/mol. The monoisotopic (exact) mass is 368 g/mol. The fourth-order valence-corrected chi connectivity index (χ4v) is 3.24. The van der Waals surface area contributed by atoms with Crippen molar-refractivity contribution in [3.63, 3.8) is 0 Å². The second-order valence-corrected chi connectivity index (χ2v) is 6.65. The van der Waals surface area contributed by atoms with Gasteiger partial charge in [-0.25, -0.2) is 4.39 Å². The summed E-state index contributed by atoms with van der Waals surface area (Å²) < 4.78 is 23.8. The molecule has 4 unspecified atom stereocenters. The number of carbonyl (C=O) groups is 1. The number of nitrogens with zero attached hydrogens (tertiary/aromatic N) is 1. The fraction of sp³-hybridized carbons (Fsp3) is 0.611. The molecule has 3 rings (SSSR count). The van der Waals surface area contributed by atoms with Crippen LogP contribution in [-0.2, 0) is 20.8 Å². The quantitative estimate of drug-likeness (QED) is 0.636. The molecule has 1 aromatic rings. The molecule has 2 heterocycles. The number of morpholine rings is 1. The molecule has 4 atom stereocenters. The van der Waals surface area contributed by atoms with E-state index in [1.807, 2.05) is 0 Å². The van der Waals surface area contributed by atoms with Crippen molar-refractivity contribution in [3.05, 3.63) is 35.6 Å². The molecule has 26 heavy (non-hydrogen) atoms. The van der Waals surface area contributed by atoms with Gasteiger partial charge in [-0.05, 0) is 17.7 Å². The first-order chi connectivity index (χ1) is 12.5. The summed E-state index contributed by atoms with van der Waals surface area (Å²) in [5.41, 5.74) is 0.901. The Kier molecular flexibility index (Phi) is 6.55. The van der Waals surface area contributed by atoms with Gasteiger partial charge in [0.25, 0.3) is 0 Å². The Balaban J connectivity index is 1.45. The van der Waals surface area contributed by atoms with Crippen molar-refractivity contribution in [1.82, 2.24) is 10.2 Å². The average molecular weight is 368 g/mol. The fourth-order valence-electron chi connectivity index (χ4n) is 3.24. The summed E-state index contributed by atoms with van der Waals surface area (Å²) in [5, 5.41) is 23.5. The third-order valence-corrected chi connectivity index (χ3v) is 4.79. The third kappa shape index (κ3) is 4.77. The van der Waals surface area contributed by atoms with Crippen LogP contribution in [0.2, 0.25) is 0 Å². The zero-order valence-electron chi connectivity index (χ0n) is 14.5. The molecule has 0 spiro atoms. The van der Waals surface area contributed by atoms with Crippen molar-refractivity contribution in [3.8, 4) is 0 Å². The molecule has 1 aromatic carbocycles. The van der Waals surface area contributed by atoms with Crippen LogP contribution >= 0.6 is 0 Å². The van der Waals surface area contributed by atoms with E-state index in [1.54, 1.807) is 17.0 Å². The number of halogens is 1. The van der Waals surface area contributed by atoms with Crippen LogP contribution in [0.15, 0.2) is 24.3 Å². The number of ether oxygens (including phenoxy) is 2. The summed E-state index contributed by atoms with van der Waals surface area (Å²) in [6, 6.07) is 6.11. The van der Waals surface area contributed by atoms with Crippen molar-refractivity contribution < 1.29 is 28.9 Å². The number of hydrogen-bond acceptors (Lipinski definition) is 6. The maximum absolute atomic E-state index is 12.9. The van der Waals surface area contributed by atoms with Gasteiger partial charge in [0.2, 0.25) is 5.91 Å². The van der Waals surface area contributed by atoms with Gasteiger partial charge in [-0.1, -0.05) is 12.1 Å². The molecule has 1 amide bonds. The second kappa shape index (κ2) is 8.88. The highest BCUT2D eigenvalue weighted by Crippen LogP contribution is 2.24. The molecule has 0 radical (unpaired) electrons. The number of aliphatic hydroxyl groups excluding tert-OH is 2. The van der Waals surface area contributed by atoms with Gasteiger partial charge in [-0.3, -0.25) is 4.79 Å². The molecule has 2 saturated heterocycles. The smallest absolute Gasteiger partial charge is 0.225 e. The van der Waals surface area contributed by atoms with Crippen LogP contribution in [0.1, 0.15) is 12.0 Å². The Morgan fingerprint density at radius 3 is 2.50 bits per heavy atom. The zero-order valence-corrected chi connectivity index (χ0v) is 14.5. The summed E-state index contributed by atoms with van der Waals surface area (Å²) in [5.74, 6) is -0.399. The van der Waals surface area contributed by atoms with E-state index < -0.39 is 24.4 Å². The van der Waals surface area contributed by atoms with E-state index in [0.717, 1.165) is 5.56 Å². The predicted octanol–water partition coefficient (Wildman–Crippen LogP) is -0.347. The van der Waals surface area contributed by atoms with Gasteiger partial charge in [-0.15, -0.1) is 0 Å². The lowest BCUT2D eigenvalue weighted by Gasteiger charge is -2.28. The van der Waals surface area contributed by atoms with E-state index in [1.165, 1.54) is 12.1 Å². The largest absolute Gasteiger partial charge is 0.388 e. The highest BCUT2D eigenvalue weighted by molar-refractivity contribution is 5.77. The normalized spacial score (nSPS) is 29.1. The summed E-state index contributed by atoms with van der Waals surface area (Å²) in [7, 11) is 0. The van der Waals surface area contributed by atoms with Crippen LogP contribution in [0.5, 0.6) is 0 Å². The lowest BCUT2D eigenvalue weighted by Crippen LogP contribution is -2.43. The Labute approximate surface area is 151 Å². The highest BCUT2D eigenvalue weighted by Gasteiger charge is 2.43. The van der Waals surface area contributed by atoms with Crippen molar-refractivity contribution in [2.45, 2.75) is 37.4 Å². The topological polar surface area (TPSA) is 91.3 Å². The van der Waals surface area contributed by atoms with Crippen LogP contribution in [-0.4, -0.2) is 78.3 Å². The Hall–Kier alpha value is -1.58. The minimum Gasteiger partial charge on any atom is -0.388 e. The lowest BCUT2D eigenvalue weighted by atomic mass is 10.0. The Morgan fingerprint density at radius 1 is 1.15 bits per heavy atom. The summed E-state index contributed by atoms with van der Waals surface area (Å²) in [6.07, 6.45) is -3.45. The molecule has 7 nitrogen and oxygen atoms in total. The molecule has 2 aliphatic rings. The standard InChI is InChI=1S/C18H25FN2O5/c19-13-3-1-12(2-4-13)10-20-11-15-18(24)17(23)14(26-15)9-16(22)21-5-7-25-8-6-21/h1-4,14-15,17-18,20,23-24H,5-11H2. The molecule has 3 N–H and O–H groups in total. The van der Waals surface area contributed by atoms with Gasteiger partial charge in [-0.2, -0.15) is 0 Å². The summed E-state index contributed by atoms with van der Waals surface area (Å²) in [4.78, 5) is 14.0. The number of nitrogens with one attached hydrogen (secondary N) is 1. The first-order valence-electron chi connectivity index (χ1n) is 8.87. The first-order valence-corrected chi connectivity index (χ1v) is 8.87. The van der Waals surface area contributed by atoms with E-state index in [-0.39, 0.29) is 18.1 Å². The number of rotatable bonds is 6. The Bertz CT molecular complexity index is 594. The van der Waals surface area contributed by atoms with Crippen molar-refractivity contribution in [1.29, 1.82) is 0 Å². The van der Waals surface area contributed by atoms with Crippen LogP contribution in [0.3, 0.4) is 0 Å². The van der Waals surface area contributed by atoms with E-state index >= 15 is 0 Å². The van der Waals surface area contributed by atoms with Crippen molar-refractivity contribution in [2.75, 3.05) is 32.8 Å². The molecule has 2 fully saturated rings. The second-order valence-electron chi connectivity index (χ2n) is 6.65. The van der Waals surface area contributed by atoms with Crippen molar-refractivity contribution in [2.24, 2.45) is 0 Å². The van der Waals surface area contributed by atoms with E-state index in [9.17, 15) is 19.4 Å². The van der Waals surface area contributed by atoms with E-state index in [4.69, 9.17) is 9.47 Å².